The quantitative estimate of drug-likeness (QED) is 0.804. The summed E-state index contributed by atoms with van der Waals surface area (Å²) >= 11 is 0. The molecular weight excluding hydrogens is 358 g/mol. The Balaban J connectivity index is 1.49. The van der Waals surface area contributed by atoms with E-state index in [4.69, 9.17) is 4.74 Å². The number of aromatic nitrogens is 3. The van der Waals surface area contributed by atoms with Crippen LogP contribution in [0.5, 0.6) is 0 Å². The molecule has 146 valence electrons. The van der Waals surface area contributed by atoms with Crippen molar-refractivity contribution in [2.45, 2.75) is 44.5 Å². The van der Waals surface area contributed by atoms with E-state index >= 15 is 0 Å². The standard InChI is InChI=1S/C20H23N5O3/c1-13(2)16-10-28-20-7-8-23(17(20)9-18(26)25(16)20)19(27)14-5-3-4-6-15(14)24-12-21-11-22-24/h3-6,11-13,16-17H,7-10H2,1-2H3/t16-,17+,20-/m0/s1. The molecule has 3 atom stereocenters. The highest BCUT2D eigenvalue weighted by molar-refractivity contribution is 5.99. The Bertz CT molecular complexity index is 928. The predicted molar refractivity (Wildman–Crippen MR) is 99.6 cm³/mol. The van der Waals surface area contributed by atoms with Gasteiger partial charge < -0.3 is 14.5 Å². The van der Waals surface area contributed by atoms with Gasteiger partial charge in [0.15, 0.2) is 5.72 Å². The Labute approximate surface area is 163 Å². The van der Waals surface area contributed by atoms with Crippen LogP contribution in [0.3, 0.4) is 0 Å². The van der Waals surface area contributed by atoms with Gasteiger partial charge in [-0.05, 0) is 18.1 Å². The topological polar surface area (TPSA) is 80.6 Å². The molecule has 0 unspecified atom stereocenters. The molecule has 3 saturated heterocycles. The van der Waals surface area contributed by atoms with Crippen molar-refractivity contribution < 1.29 is 14.3 Å². The van der Waals surface area contributed by atoms with Crippen LogP contribution in [-0.4, -0.2) is 67.3 Å². The number of hydrogen-bond donors (Lipinski definition) is 0. The van der Waals surface area contributed by atoms with E-state index in [1.54, 1.807) is 17.1 Å². The van der Waals surface area contributed by atoms with Crippen molar-refractivity contribution in [3.63, 3.8) is 0 Å². The van der Waals surface area contributed by atoms with Gasteiger partial charge in [0.25, 0.3) is 5.91 Å². The fraction of sp³-hybridized carbons (Fsp3) is 0.500. The van der Waals surface area contributed by atoms with Crippen LogP contribution in [0.2, 0.25) is 0 Å². The summed E-state index contributed by atoms with van der Waals surface area (Å²) in [6, 6.07) is 7.18. The lowest BCUT2D eigenvalue weighted by Crippen LogP contribution is -2.51. The third-order valence-electron chi connectivity index (χ3n) is 6.32. The van der Waals surface area contributed by atoms with Gasteiger partial charge in [-0.15, -0.1) is 0 Å². The molecule has 0 bridgehead atoms. The van der Waals surface area contributed by atoms with Crippen molar-refractivity contribution >= 4 is 11.8 Å². The summed E-state index contributed by atoms with van der Waals surface area (Å²) in [7, 11) is 0. The summed E-state index contributed by atoms with van der Waals surface area (Å²) in [6.07, 6.45) is 3.99. The molecule has 3 fully saturated rings. The van der Waals surface area contributed by atoms with Crippen LogP contribution >= 0.6 is 0 Å². The van der Waals surface area contributed by atoms with Crippen LogP contribution in [0, 0.1) is 5.92 Å². The monoisotopic (exact) mass is 381 g/mol. The molecule has 4 heterocycles. The van der Waals surface area contributed by atoms with E-state index in [1.165, 1.54) is 6.33 Å². The number of nitrogens with zero attached hydrogens (tertiary/aromatic N) is 5. The molecular formula is C20H23N5O3. The van der Waals surface area contributed by atoms with Crippen LogP contribution in [0.15, 0.2) is 36.9 Å². The average molecular weight is 381 g/mol. The van der Waals surface area contributed by atoms with E-state index < -0.39 is 5.72 Å². The summed E-state index contributed by atoms with van der Waals surface area (Å²) in [5, 5.41) is 4.16. The van der Waals surface area contributed by atoms with Gasteiger partial charge in [-0.25, -0.2) is 9.67 Å². The minimum atomic E-state index is -0.663. The van der Waals surface area contributed by atoms with Gasteiger partial charge >= 0.3 is 0 Å². The normalized spacial score (nSPS) is 28.9. The van der Waals surface area contributed by atoms with E-state index in [9.17, 15) is 9.59 Å². The second kappa shape index (κ2) is 6.13. The fourth-order valence-corrected chi connectivity index (χ4v) is 4.96. The van der Waals surface area contributed by atoms with Crippen LogP contribution in [-0.2, 0) is 9.53 Å². The van der Waals surface area contributed by atoms with Gasteiger partial charge in [-0.3, -0.25) is 9.59 Å². The van der Waals surface area contributed by atoms with Crippen LogP contribution in [0.1, 0.15) is 37.0 Å². The lowest BCUT2D eigenvalue weighted by molar-refractivity contribution is -0.139. The molecule has 1 aromatic heterocycles. The van der Waals surface area contributed by atoms with Gasteiger partial charge in [-0.1, -0.05) is 26.0 Å². The third-order valence-corrected chi connectivity index (χ3v) is 6.32. The predicted octanol–water partition coefficient (Wildman–Crippen LogP) is 1.47. The molecule has 3 aliphatic rings. The van der Waals surface area contributed by atoms with Crippen LogP contribution < -0.4 is 0 Å². The van der Waals surface area contributed by atoms with Crippen LogP contribution in [0.25, 0.3) is 5.69 Å². The lowest BCUT2D eigenvalue weighted by atomic mass is 10.0. The number of amides is 2. The zero-order chi connectivity index (χ0) is 19.5. The Hall–Kier alpha value is -2.74. The molecule has 0 N–H and O–H groups in total. The molecule has 2 aromatic rings. The highest BCUT2D eigenvalue weighted by Crippen LogP contribution is 2.49. The van der Waals surface area contributed by atoms with Crippen molar-refractivity contribution in [2.24, 2.45) is 5.92 Å². The summed E-state index contributed by atoms with van der Waals surface area (Å²) in [5.41, 5.74) is 0.568. The van der Waals surface area contributed by atoms with E-state index in [-0.39, 0.29) is 23.9 Å². The number of carbonyl (C=O) groups is 2. The molecule has 3 aliphatic heterocycles. The number of likely N-dealkylation sites (tertiary alicyclic amines) is 1. The number of hydrogen-bond acceptors (Lipinski definition) is 5. The molecule has 8 nitrogen and oxygen atoms in total. The summed E-state index contributed by atoms with van der Waals surface area (Å²) < 4.78 is 7.82. The SMILES string of the molecule is CC(C)[C@@H]1CO[C@@]23CCN(C(=O)c4ccccc4-n4cncn4)[C@@H]2CC(=O)N13. The number of benzene rings is 1. The zero-order valence-electron chi connectivity index (χ0n) is 16.0. The van der Waals surface area contributed by atoms with Gasteiger partial charge in [-0.2, -0.15) is 5.10 Å². The maximum atomic E-state index is 13.5. The Kier molecular flexibility index (Phi) is 3.80. The van der Waals surface area contributed by atoms with Crippen molar-refractivity contribution in [1.29, 1.82) is 0 Å². The van der Waals surface area contributed by atoms with Crippen molar-refractivity contribution in [3.8, 4) is 5.69 Å². The van der Waals surface area contributed by atoms with Crippen molar-refractivity contribution in [3.05, 3.63) is 42.5 Å². The summed E-state index contributed by atoms with van der Waals surface area (Å²) in [4.78, 5) is 34.0. The second-order valence-corrected chi connectivity index (χ2v) is 8.06. The Morgan fingerprint density at radius 1 is 1.32 bits per heavy atom. The molecule has 0 radical (unpaired) electrons. The van der Waals surface area contributed by atoms with Crippen molar-refractivity contribution in [1.82, 2.24) is 24.6 Å². The maximum Gasteiger partial charge on any atom is 0.256 e. The Morgan fingerprint density at radius 2 is 2.14 bits per heavy atom. The zero-order valence-corrected chi connectivity index (χ0v) is 16.0. The van der Waals surface area contributed by atoms with Crippen LogP contribution in [0.4, 0.5) is 0 Å². The molecule has 8 heteroatoms. The molecule has 1 aromatic carbocycles. The first kappa shape index (κ1) is 17.4. The number of para-hydroxylation sites is 1. The highest BCUT2D eigenvalue weighted by atomic mass is 16.5. The number of carbonyl (C=O) groups excluding carboxylic acids is 2. The highest BCUT2D eigenvalue weighted by Gasteiger charge is 2.65. The summed E-state index contributed by atoms with van der Waals surface area (Å²) in [5.74, 6) is 0.308. The van der Waals surface area contributed by atoms with E-state index in [1.807, 2.05) is 28.0 Å². The minimum Gasteiger partial charge on any atom is -0.351 e. The summed E-state index contributed by atoms with van der Waals surface area (Å²) in [6.45, 7) is 5.33. The average Bonchev–Trinajstić information content (AvgIpc) is 3.44. The van der Waals surface area contributed by atoms with Gasteiger partial charge in [0.05, 0.1) is 36.4 Å². The van der Waals surface area contributed by atoms with Gasteiger partial charge in [0, 0.05) is 13.0 Å². The van der Waals surface area contributed by atoms with E-state index in [2.05, 4.69) is 23.9 Å². The first-order valence-electron chi connectivity index (χ1n) is 9.74. The molecule has 0 aliphatic carbocycles. The molecule has 2 amide bonds. The van der Waals surface area contributed by atoms with E-state index in [0.717, 1.165) is 0 Å². The smallest absolute Gasteiger partial charge is 0.256 e. The van der Waals surface area contributed by atoms with Gasteiger partial charge in [0.2, 0.25) is 5.91 Å². The van der Waals surface area contributed by atoms with Gasteiger partial charge in [0.1, 0.15) is 12.7 Å². The Morgan fingerprint density at radius 3 is 2.89 bits per heavy atom. The maximum absolute atomic E-state index is 13.5. The minimum absolute atomic E-state index is 0.0787. The first-order chi connectivity index (χ1) is 13.5. The van der Waals surface area contributed by atoms with Crippen molar-refractivity contribution in [2.75, 3.05) is 13.2 Å². The second-order valence-electron chi connectivity index (χ2n) is 8.06. The molecule has 5 rings (SSSR count). The third kappa shape index (κ3) is 2.27. The molecule has 28 heavy (non-hydrogen) atoms. The largest absolute Gasteiger partial charge is 0.351 e. The number of rotatable bonds is 3. The van der Waals surface area contributed by atoms with E-state index in [0.29, 0.717) is 43.2 Å². The fourth-order valence-electron chi connectivity index (χ4n) is 4.96. The number of ether oxygens (including phenoxy) is 1. The molecule has 1 spiro atoms. The molecule has 0 saturated carbocycles. The lowest BCUT2D eigenvalue weighted by Gasteiger charge is -2.34. The first-order valence-corrected chi connectivity index (χ1v) is 9.74.